The van der Waals surface area contributed by atoms with Crippen LogP contribution in [0.15, 0.2) is 16.6 Å². The molecule has 0 bridgehead atoms. The number of hydrogen-bond donors (Lipinski definition) is 0. The topological polar surface area (TPSA) is 12.9 Å². The Kier molecular flexibility index (Phi) is 2.34. The van der Waals surface area contributed by atoms with E-state index in [-0.39, 0.29) is 5.82 Å². The lowest BCUT2D eigenvalue weighted by Gasteiger charge is -1.91. The second-order valence-electron chi connectivity index (χ2n) is 2.70. The van der Waals surface area contributed by atoms with Crippen molar-refractivity contribution in [2.75, 3.05) is 0 Å². The molecular weight excluding hydrogens is 253 g/mol. The zero-order valence-electron chi connectivity index (χ0n) is 6.97. The van der Waals surface area contributed by atoms with Gasteiger partial charge in [0.2, 0.25) is 0 Å². The summed E-state index contributed by atoms with van der Waals surface area (Å²) in [6, 6.07) is 2.94. The molecule has 2 rings (SSSR count). The predicted molar refractivity (Wildman–Crippen MR) is 56.7 cm³/mol. The number of nitrogens with zero attached hydrogens (tertiary/aromatic N) is 1. The normalized spacial score (nSPS) is 11.0. The van der Waals surface area contributed by atoms with Gasteiger partial charge in [0, 0.05) is 10.5 Å². The summed E-state index contributed by atoms with van der Waals surface area (Å²) in [6.45, 7) is 2.04. The third-order valence-electron chi connectivity index (χ3n) is 1.76. The zero-order chi connectivity index (χ0) is 9.42. The van der Waals surface area contributed by atoms with Crippen molar-refractivity contribution in [1.82, 2.24) is 4.98 Å². The van der Waals surface area contributed by atoms with Crippen molar-refractivity contribution in [3.63, 3.8) is 0 Å². The van der Waals surface area contributed by atoms with Crippen LogP contribution >= 0.6 is 27.3 Å². The van der Waals surface area contributed by atoms with Gasteiger partial charge in [-0.2, -0.15) is 0 Å². The van der Waals surface area contributed by atoms with Gasteiger partial charge in [-0.25, -0.2) is 9.37 Å². The Morgan fingerprint density at radius 1 is 1.54 bits per heavy atom. The average molecular weight is 260 g/mol. The molecule has 1 aromatic heterocycles. The van der Waals surface area contributed by atoms with Crippen LogP contribution in [-0.2, 0) is 6.42 Å². The molecule has 68 valence electrons. The van der Waals surface area contributed by atoms with E-state index >= 15 is 0 Å². The highest BCUT2D eigenvalue weighted by atomic mass is 79.9. The van der Waals surface area contributed by atoms with Crippen LogP contribution in [0.2, 0.25) is 0 Å². The highest BCUT2D eigenvalue weighted by molar-refractivity contribution is 9.10. The number of halogens is 2. The molecule has 0 unspecified atom stereocenters. The Bertz CT molecular complexity index is 452. The van der Waals surface area contributed by atoms with Crippen LogP contribution in [0.25, 0.3) is 10.2 Å². The summed E-state index contributed by atoms with van der Waals surface area (Å²) >= 11 is 4.93. The summed E-state index contributed by atoms with van der Waals surface area (Å²) in [4.78, 5) is 4.30. The molecule has 0 saturated heterocycles. The minimum absolute atomic E-state index is 0.243. The van der Waals surface area contributed by atoms with Gasteiger partial charge in [0.05, 0.1) is 15.2 Å². The third kappa shape index (κ3) is 1.60. The Labute approximate surface area is 87.7 Å². The Balaban J connectivity index is 2.75. The fraction of sp³-hybridized carbons (Fsp3) is 0.222. The molecule has 0 spiro atoms. The first-order valence-corrected chi connectivity index (χ1v) is 5.56. The van der Waals surface area contributed by atoms with Crippen molar-refractivity contribution in [2.24, 2.45) is 0 Å². The number of aryl methyl sites for hydroxylation is 1. The molecule has 0 radical (unpaired) electrons. The van der Waals surface area contributed by atoms with Crippen molar-refractivity contribution in [3.05, 3.63) is 27.4 Å². The fourth-order valence-corrected chi connectivity index (χ4v) is 2.71. The molecule has 0 aliphatic carbocycles. The zero-order valence-corrected chi connectivity index (χ0v) is 9.38. The quantitative estimate of drug-likeness (QED) is 0.760. The van der Waals surface area contributed by atoms with Crippen LogP contribution in [-0.4, -0.2) is 4.98 Å². The molecule has 1 aromatic carbocycles. The second-order valence-corrected chi connectivity index (χ2v) is 4.63. The molecule has 0 saturated carbocycles. The highest BCUT2D eigenvalue weighted by Gasteiger charge is 2.07. The molecule has 0 N–H and O–H groups in total. The van der Waals surface area contributed by atoms with E-state index in [0.29, 0.717) is 0 Å². The molecule has 0 atom stereocenters. The van der Waals surface area contributed by atoms with Crippen molar-refractivity contribution < 1.29 is 4.39 Å². The van der Waals surface area contributed by atoms with Gasteiger partial charge in [0.15, 0.2) is 0 Å². The number of thiazole rings is 1. The van der Waals surface area contributed by atoms with E-state index in [4.69, 9.17) is 0 Å². The third-order valence-corrected chi connectivity index (χ3v) is 3.89. The van der Waals surface area contributed by atoms with Crippen molar-refractivity contribution in [1.29, 1.82) is 0 Å². The molecule has 0 aliphatic rings. The minimum Gasteiger partial charge on any atom is -0.241 e. The van der Waals surface area contributed by atoms with E-state index in [9.17, 15) is 4.39 Å². The van der Waals surface area contributed by atoms with Crippen LogP contribution < -0.4 is 0 Å². The van der Waals surface area contributed by atoms with Crippen LogP contribution in [0, 0.1) is 5.82 Å². The first-order valence-electron chi connectivity index (χ1n) is 3.95. The van der Waals surface area contributed by atoms with Crippen molar-refractivity contribution in [3.8, 4) is 0 Å². The standard InChI is InChI=1S/C9H7BrFNS/c1-2-8-12-7-4-5(11)3-6(10)9(7)13-8/h3-4H,2H2,1H3. The fourth-order valence-electron chi connectivity index (χ4n) is 1.16. The van der Waals surface area contributed by atoms with Gasteiger partial charge in [0.1, 0.15) is 5.82 Å². The largest absolute Gasteiger partial charge is 0.241 e. The van der Waals surface area contributed by atoms with E-state index in [1.54, 1.807) is 11.3 Å². The molecule has 0 fully saturated rings. The van der Waals surface area contributed by atoms with Crippen molar-refractivity contribution in [2.45, 2.75) is 13.3 Å². The smallest absolute Gasteiger partial charge is 0.126 e. The lowest BCUT2D eigenvalue weighted by atomic mass is 10.3. The van der Waals surface area contributed by atoms with E-state index in [2.05, 4.69) is 20.9 Å². The maximum Gasteiger partial charge on any atom is 0.126 e. The summed E-state index contributed by atoms with van der Waals surface area (Å²) in [5.41, 5.74) is 0.744. The van der Waals surface area contributed by atoms with E-state index < -0.39 is 0 Å². The lowest BCUT2D eigenvalue weighted by molar-refractivity contribution is 0.628. The molecule has 1 heterocycles. The molecular formula is C9H7BrFNS. The number of hydrogen-bond acceptors (Lipinski definition) is 2. The summed E-state index contributed by atoms with van der Waals surface area (Å²) in [6.07, 6.45) is 0.896. The molecule has 0 aliphatic heterocycles. The summed E-state index contributed by atoms with van der Waals surface area (Å²) < 4.78 is 14.8. The average Bonchev–Trinajstić information content (AvgIpc) is 2.47. The Hall–Kier alpha value is -0.480. The molecule has 2 aromatic rings. The second kappa shape index (κ2) is 3.35. The summed E-state index contributed by atoms with van der Waals surface area (Å²) in [5, 5.41) is 1.04. The maximum absolute atomic E-state index is 12.9. The number of fused-ring (bicyclic) bond motifs is 1. The molecule has 0 amide bonds. The predicted octanol–water partition coefficient (Wildman–Crippen LogP) is 3.76. The lowest BCUT2D eigenvalue weighted by Crippen LogP contribution is -1.77. The Morgan fingerprint density at radius 2 is 2.31 bits per heavy atom. The number of rotatable bonds is 1. The Morgan fingerprint density at radius 3 is 3.00 bits per heavy atom. The van der Waals surface area contributed by atoms with Crippen LogP contribution in [0.3, 0.4) is 0 Å². The first-order chi connectivity index (χ1) is 6.20. The van der Waals surface area contributed by atoms with Crippen LogP contribution in [0.5, 0.6) is 0 Å². The van der Waals surface area contributed by atoms with Gasteiger partial charge >= 0.3 is 0 Å². The minimum atomic E-state index is -0.243. The van der Waals surface area contributed by atoms with E-state index in [1.165, 1.54) is 12.1 Å². The molecule has 13 heavy (non-hydrogen) atoms. The van der Waals surface area contributed by atoms with Gasteiger partial charge in [-0.3, -0.25) is 0 Å². The SMILES string of the molecule is CCc1nc2cc(F)cc(Br)c2s1. The van der Waals surface area contributed by atoms with Gasteiger partial charge in [-0.05, 0) is 28.4 Å². The first kappa shape index (κ1) is 9.09. The van der Waals surface area contributed by atoms with Gasteiger partial charge in [0.25, 0.3) is 0 Å². The van der Waals surface area contributed by atoms with Crippen LogP contribution in [0.4, 0.5) is 4.39 Å². The number of aromatic nitrogens is 1. The highest BCUT2D eigenvalue weighted by Crippen LogP contribution is 2.30. The van der Waals surface area contributed by atoms with Crippen LogP contribution in [0.1, 0.15) is 11.9 Å². The maximum atomic E-state index is 12.9. The van der Waals surface area contributed by atoms with Crippen molar-refractivity contribution >= 4 is 37.5 Å². The summed E-state index contributed by atoms with van der Waals surface area (Å²) in [5.74, 6) is -0.243. The molecule has 1 nitrogen and oxygen atoms in total. The van der Waals surface area contributed by atoms with Gasteiger partial charge in [-0.15, -0.1) is 11.3 Å². The van der Waals surface area contributed by atoms with E-state index in [0.717, 1.165) is 26.1 Å². The van der Waals surface area contributed by atoms with Gasteiger partial charge in [-0.1, -0.05) is 6.92 Å². The number of benzene rings is 1. The summed E-state index contributed by atoms with van der Waals surface area (Å²) in [7, 11) is 0. The molecule has 4 heteroatoms. The van der Waals surface area contributed by atoms with E-state index in [1.807, 2.05) is 6.92 Å². The van der Waals surface area contributed by atoms with Gasteiger partial charge < -0.3 is 0 Å². The monoisotopic (exact) mass is 259 g/mol.